The van der Waals surface area contributed by atoms with Crippen molar-refractivity contribution in [3.63, 3.8) is 0 Å². The van der Waals surface area contributed by atoms with E-state index in [2.05, 4.69) is 5.32 Å². The van der Waals surface area contributed by atoms with Crippen molar-refractivity contribution >= 4 is 48.8 Å². The molecule has 1 unspecified atom stereocenters. The molecule has 1 N–H and O–H groups in total. The molecule has 1 aromatic carbocycles. The summed E-state index contributed by atoms with van der Waals surface area (Å²) in [5, 5.41) is 2.46. The fraction of sp³-hybridized carbons (Fsp3) is 0.417. The average molecular weight is 359 g/mol. The second kappa shape index (κ2) is 6.98. The standard InChI is InChI=1S/C12H14Cl3NO3S/c1-3-7(2)6-16-12(17)8-4-9(13)11(14)10(5-8)20(15,18)19/h4-5,7H,3,6H2,1-2H3,(H,16,17). The van der Waals surface area contributed by atoms with Crippen LogP contribution in [0.5, 0.6) is 0 Å². The first-order valence-corrected chi connectivity index (χ1v) is 8.95. The lowest BCUT2D eigenvalue weighted by molar-refractivity contribution is 0.0947. The number of amides is 1. The van der Waals surface area contributed by atoms with Gasteiger partial charge in [0.15, 0.2) is 0 Å². The van der Waals surface area contributed by atoms with Gasteiger partial charge in [0.25, 0.3) is 15.0 Å². The lowest BCUT2D eigenvalue weighted by atomic mass is 10.1. The minimum absolute atomic E-state index is 0.0397. The first-order valence-electron chi connectivity index (χ1n) is 5.88. The van der Waals surface area contributed by atoms with Crippen LogP contribution in [0.3, 0.4) is 0 Å². The monoisotopic (exact) mass is 357 g/mol. The van der Waals surface area contributed by atoms with Gasteiger partial charge in [-0.3, -0.25) is 4.79 Å². The van der Waals surface area contributed by atoms with E-state index in [1.807, 2.05) is 13.8 Å². The molecule has 0 aliphatic heterocycles. The Bertz CT molecular complexity index is 617. The van der Waals surface area contributed by atoms with E-state index in [9.17, 15) is 13.2 Å². The Morgan fingerprint density at radius 1 is 1.35 bits per heavy atom. The molecular weight excluding hydrogens is 345 g/mol. The first-order chi connectivity index (χ1) is 9.16. The fourth-order valence-corrected chi connectivity index (χ4v) is 3.15. The SMILES string of the molecule is CCC(C)CNC(=O)c1cc(Cl)c(Cl)c(S(=O)(=O)Cl)c1. The Morgan fingerprint density at radius 3 is 2.45 bits per heavy atom. The highest BCUT2D eigenvalue weighted by Gasteiger charge is 2.20. The molecule has 0 radical (unpaired) electrons. The smallest absolute Gasteiger partial charge is 0.262 e. The maximum Gasteiger partial charge on any atom is 0.262 e. The molecule has 0 saturated carbocycles. The van der Waals surface area contributed by atoms with Gasteiger partial charge in [0.05, 0.1) is 10.0 Å². The molecule has 0 bridgehead atoms. The van der Waals surface area contributed by atoms with Crippen molar-refractivity contribution in [3.8, 4) is 0 Å². The lowest BCUT2D eigenvalue weighted by Crippen LogP contribution is -2.28. The maximum atomic E-state index is 12.0. The van der Waals surface area contributed by atoms with Crippen LogP contribution in [0.15, 0.2) is 17.0 Å². The quantitative estimate of drug-likeness (QED) is 0.816. The van der Waals surface area contributed by atoms with E-state index >= 15 is 0 Å². The minimum atomic E-state index is -4.07. The normalized spacial score (nSPS) is 13.1. The minimum Gasteiger partial charge on any atom is -0.352 e. The zero-order valence-corrected chi connectivity index (χ0v) is 14.0. The molecule has 1 atom stereocenters. The first kappa shape index (κ1) is 17.6. The van der Waals surface area contributed by atoms with Crippen molar-refractivity contribution in [3.05, 3.63) is 27.7 Å². The van der Waals surface area contributed by atoms with E-state index in [1.54, 1.807) is 0 Å². The van der Waals surface area contributed by atoms with Gasteiger partial charge < -0.3 is 5.32 Å². The molecule has 112 valence electrons. The van der Waals surface area contributed by atoms with Crippen LogP contribution in [-0.2, 0) is 9.05 Å². The zero-order valence-electron chi connectivity index (χ0n) is 10.9. The van der Waals surface area contributed by atoms with E-state index in [0.717, 1.165) is 12.5 Å². The molecule has 0 aromatic heterocycles. The number of carbonyl (C=O) groups excluding carboxylic acids is 1. The second-order valence-corrected chi connectivity index (χ2v) is 7.75. The summed E-state index contributed by atoms with van der Waals surface area (Å²) in [7, 11) is 1.19. The predicted octanol–water partition coefficient (Wildman–Crippen LogP) is 3.70. The molecule has 0 saturated heterocycles. The molecule has 0 spiro atoms. The van der Waals surface area contributed by atoms with Gasteiger partial charge in [-0.2, -0.15) is 0 Å². The molecule has 4 nitrogen and oxygen atoms in total. The van der Waals surface area contributed by atoms with Crippen LogP contribution >= 0.6 is 33.9 Å². The Balaban J connectivity index is 3.09. The van der Waals surface area contributed by atoms with Crippen LogP contribution in [0.2, 0.25) is 10.0 Å². The van der Waals surface area contributed by atoms with Crippen LogP contribution in [0.25, 0.3) is 0 Å². The largest absolute Gasteiger partial charge is 0.352 e. The summed E-state index contributed by atoms with van der Waals surface area (Å²) in [5.41, 5.74) is 0.0990. The van der Waals surface area contributed by atoms with Crippen LogP contribution in [-0.4, -0.2) is 20.9 Å². The summed E-state index contributed by atoms with van der Waals surface area (Å²) in [6.07, 6.45) is 0.920. The summed E-state index contributed by atoms with van der Waals surface area (Å²) in [6, 6.07) is 2.42. The molecule has 1 amide bonds. The second-order valence-electron chi connectivity index (χ2n) is 4.43. The summed E-state index contributed by atoms with van der Waals surface area (Å²) in [5.74, 6) is -0.108. The van der Waals surface area contributed by atoms with Crippen molar-refractivity contribution in [1.82, 2.24) is 5.32 Å². The number of hydrogen-bond donors (Lipinski definition) is 1. The predicted molar refractivity (Wildman–Crippen MR) is 81.3 cm³/mol. The van der Waals surface area contributed by atoms with Crippen molar-refractivity contribution in [2.45, 2.75) is 25.2 Å². The molecule has 1 rings (SSSR count). The lowest BCUT2D eigenvalue weighted by Gasteiger charge is -2.11. The van der Waals surface area contributed by atoms with Gasteiger partial charge in [-0.05, 0) is 18.1 Å². The summed E-state index contributed by atoms with van der Waals surface area (Å²) in [6.45, 7) is 4.48. The number of benzene rings is 1. The number of hydrogen-bond acceptors (Lipinski definition) is 3. The van der Waals surface area contributed by atoms with E-state index in [-0.39, 0.29) is 20.5 Å². The summed E-state index contributed by atoms with van der Waals surface area (Å²) < 4.78 is 22.8. The van der Waals surface area contributed by atoms with Gasteiger partial charge in [0.2, 0.25) is 0 Å². The number of rotatable bonds is 5. The molecule has 20 heavy (non-hydrogen) atoms. The van der Waals surface area contributed by atoms with E-state index in [0.29, 0.717) is 12.5 Å². The fourth-order valence-electron chi connectivity index (χ4n) is 1.39. The van der Waals surface area contributed by atoms with Crippen molar-refractivity contribution in [2.75, 3.05) is 6.54 Å². The van der Waals surface area contributed by atoms with Crippen molar-refractivity contribution in [2.24, 2.45) is 5.92 Å². The Morgan fingerprint density at radius 2 is 1.95 bits per heavy atom. The molecule has 0 heterocycles. The van der Waals surface area contributed by atoms with E-state index in [1.165, 1.54) is 6.07 Å². The topological polar surface area (TPSA) is 63.2 Å². The van der Waals surface area contributed by atoms with Crippen LogP contribution in [0.1, 0.15) is 30.6 Å². The summed E-state index contributed by atoms with van der Waals surface area (Å²) >= 11 is 11.6. The van der Waals surface area contributed by atoms with Crippen LogP contribution in [0.4, 0.5) is 0 Å². The van der Waals surface area contributed by atoms with Gasteiger partial charge in [0, 0.05) is 22.8 Å². The molecule has 8 heteroatoms. The Hall–Kier alpha value is -0.490. The maximum absolute atomic E-state index is 12.0. The molecule has 0 fully saturated rings. The van der Waals surface area contributed by atoms with Gasteiger partial charge in [-0.1, -0.05) is 43.5 Å². The average Bonchev–Trinajstić information content (AvgIpc) is 2.36. The van der Waals surface area contributed by atoms with Crippen LogP contribution < -0.4 is 5.32 Å². The molecular formula is C12H14Cl3NO3S. The van der Waals surface area contributed by atoms with E-state index in [4.69, 9.17) is 33.9 Å². The van der Waals surface area contributed by atoms with Crippen molar-refractivity contribution in [1.29, 1.82) is 0 Å². The van der Waals surface area contributed by atoms with E-state index < -0.39 is 15.0 Å². The van der Waals surface area contributed by atoms with Crippen LogP contribution in [0, 0.1) is 5.92 Å². The Labute approximate surface area is 132 Å². The highest BCUT2D eigenvalue weighted by atomic mass is 35.7. The molecule has 0 aliphatic carbocycles. The highest BCUT2D eigenvalue weighted by molar-refractivity contribution is 8.13. The molecule has 1 aromatic rings. The number of halogens is 3. The third-order valence-electron chi connectivity index (χ3n) is 2.83. The molecule has 0 aliphatic rings. The van der Waals surface area contributed by atoms with Gasteiger partial charge >= 0.3 is 0 Å². The third-order valence-corrected chi connectivity index (χ3v) is 5.09. The number of carbonyl (C=O) groups is 1. The van der Waals surface area contributed by atoms with Gasteiger partial charge in [-0.25, -0.2) is 8.42 Å². The third kappa shape index (κ3) is 4.52. The number of nitrogens with one attached hydrogen (secondary N) is 1. The Kier molecular flexibility index (Phi) is 6.13. The van der Waals surface area contributed by atoms with Gasteiger partial charge in [-0.15, -0.1) is 0 Å². The van der Waals surface area contributed by atoms with Gasteiger partial charge in [0.1, 0.15) is 4.90 Å². The summed E-state index contributed by atoms with van der Waals surface area (Å²) in [4.78, 5) is 11.6. The van der Waals surface area contributed by atoms with Crippen molar-refractivity contribution < 1.29 is 13.2 Å². The highest BCUT2D eigenvalue weighted by Crippen LogP contribution is 2.32. The zero-order chi connectivity index (χ0) is 15.5.